The number of carbonyl (C=O) groups excluding carboxylic acids is 1. The molecule has 3 heterocycles. The molecule has 0 aliphatic carbocycles. The molecule has 0 N–H and O–H groups in total. The van der Waals surface area contributed by atoms with Gasteiger partial charge in [0.05, 0.1) is 15.5 Å². The second-order valence-electron chi connectivity index (χ2n) is 4.14. The van der Waals surface area contributed by atoms with Crippen LogP contribution in [0.15, 0.2) is 40.5 Å². The Morgan fingerprint density at radius 2 is 2.29 bits per heavy atom. The number of nitrogens with zero attached hydrogens (tertiary/aromatic N) is 2. The molecule has 0 atom stereocenters. The van der Waals surface area contributed by atoms with Gasteiger partial charge in [0.25, 0.3) is 5.91 Å². The minimum Gasteiger partial charge on any atom is -0.289 e. The van der Waals surface area contributed by atoms with Crippen LogP contribution in [-0.2, 0) is 4.79 Å². The number of carbonyl (C=O) groups is 1. The highest BCUT2D eigenvalue weighted by Gasteiger charge is 2.31. The largest absolute Gasteiger partial charge is 0.289 e. The molecule has 2 aromatic rings. The summed E-state index contributed by atoms with van der Waals surface area (Å²) >= 11 is 9.75. The number of aromatic nitrogens is 1. The van der Waals surface area contributed by atoms with E-state index in [4.69, 9.17) is 12.2 Å². The fourth-order valence-electron chi connectivity index (χ4n) is 1.79. The van der Waals surface area contributed by atoms with Gasteiger partial charge in [0.1, 0.15) is 9.33 Å². The molecule has 2 aromatic heterocycles. The Labute approximate surface area is 140 Å². The van der Waals surface area contributed by atoms with E-state index >= 15 is 0 Å². The molecular formula is C14H10N2OS4. The lowest BCUT2D eigenvalue weighted by molar-refractivity contribution is -0.121. The normalized spacial score (nSPS) is 17.0. The van der Waals surface area contributed by atoms with Crippen LogP contribution in [0.3, 0.4) is 0 Å². The van der Waals surface area contributed by atoms with Crippen molar-refractivity contribution in [1.82, 2.24) is 9.88 Å². The molecule has 21 heavy (non-hydrogen) atoms. The predicted octanol–water partition coefficient (Wildman–Crippen LogP) is 4.26. The third kappa shape index (κ3) is 3.01. The highest BCUT2D eigenvalue weighted by Crippen LogP contribution is 2.34. The van der Waals surface area contributed by atoms with E-state index in [1.165, 1.54) is 11.8 Å². The summed E-state index contributed by atoms with van der Waals surface area (Å²) in [5.74, 6) is -0.0735. The zero-order chi connectivity index (χ0) is 14.8. The van der Waals surface area contributed by atoms with Crippen molar-refractivity contribution >= 4 is 63.0 Å². The summed E-state index contributed by atoms with van der Waals surface area (Å²) in [6.45, 7) is 4.09. The molecule has 3 rings (SSSR count). The van der Waals surface area contributed by atoms with Gasteiger partial charge >= 0.3 is 0 Å². The molecule has 1 aliphatic heterocycles. The van der Waals surface area contributed by atoms with Crippen LogP contribution in [0.2, 0.25) is 0 Å². The molecule has 0 spiro atoms. The van der Waals surface area contributed by atoms with E-state index in [9.17, 15) is 4.79 Å². The van der Waals surface area contributed by atoms with Gasteiger partial charge in [-0.25, -0.2) is 4.98 Å². The van der Waals surface area contributed by atoms with Crippen LogP contribution >= 0.6 is 46.7 Å². The summed E-state index contributed by atoms with van der Waals surface area (Å²) < 4.78 is 0.569. The molecule has 3 nitrogen and oxygen atoms in total. The van der Waals surface area contributed by atoms with Crippen LogP contribution in [0.1, 0.15) is 5.69 Å². The summed E-state index contributed by atoms with van der Waals surface area (Å²) in [7, 11) is 0. The van der Waals surface area contributed by atoms with E-state index in [-0.39, 0.29) is 5.91 Å². The Bertz CT molecular complexity index is 730. The van der Waals surface area contributed by atoms with Crippen molar-refractivity contribution in [3.63, 3.8) is 0 Å². The first-order valence-corrected chi connectivity index (χ1v) is 9.03. The maximum absolute atomic E-state index is 12.2. The second kappa shape index (κ2) is 6.23. The van der Waals surface area contributed by atoms with E-state index in [2.05, 4.69) is 11.6 Å². The van der Waals surface area contributed by atoms with Gasteiger partial charge in [0.2, 0.25) is 0 Å². The fourth-order valence-corrected chi connectivity index (χ4v) is 4.64. The SMILES string of the molecule is C=CCN1C(=O)C(=Cc2csc(-c3cccs3)n2)SC1=S. The maximum Gasteiger partial charge on any atom is 0.266 e. The second-order valence-corrected chi connectivity index (χ2v) is 7.62. The molecule has 0 aromatic carbocycles. The molecule has 7 heteroatoms. The van der Waals surface area contributed by atoms with E-state index in [0.717, 1.165) is 15.6 Å². The summed E-state index contributed by atoms with van der Waals surface area (Å²) in [4.78, 5) is 20.1. The molecule has 1 fully saturated rings. The van der Waals surface area contributed by atoms with Crippen LogP contribution in [-0.4, -0.2) is 26.7 Å². The highest BCUT2D eigenvalue weighted by molar-refractivity contribution is 8.26. The predicted molar refractivity (Wildman–Crippen MR) is 95.5 cm³/mol. The molecule has 0 radical (unpaired) electrons. The Morgan fingerprint density at radius 3 is 3.00 bits per heavy atom. The Kier molecular flexibility index (Phi) is 4.34. The van der Waals surface area contributed by atoms with Crippen LogP contribution < -0.4 is 0 Å². The van der Waals surface area contributed by atoms with Gasteiger partial charge in [-0.2, -0.15) is 0 Å². The Balaban J connectivity index is 1.84. The Hall–Kier alpha value is -1.28. The number of hydrogen-bond acceptors (Lipinski definition) is 6. The van der Waals surface area contributed by atoms with Gasteiger partial charge in [-0.05, 0) is 17.5 Å². The van der Waals surface area contributed by atoms with E-state index in [0.29, 0.717) is 15.8 Å². The molecule has 106 valence electrons. The number of amides is 1. The lowest BCUT2D eigenvalue weighted by atomic mass is 10.3. The van der Waals surface area contributed by atoms with Crippen LogP contribution in [0.4, 0.5) is 0 Å². The van der Waals surface area contributed by atoms with Crippen molar-refractivity contribution in [2.45, 2.75) is 0 Å². The lowest BCUT2D eigenvalue weighted by Gasteiger charge is -2.10. The molecule has 0 bridgehead atoms. The third-order valence-electron chi connectivity index (χ3n) is 2.72. The van der Waals surface area contributed by atoms with Crippen LogP contribution in [0.25, 0.3) is 16.0 Å². The highest BCUT2D eigenvalue weighted by atomic mass is 32.2. The topological polar surface area (TPSA) is 33.2 Å². The summed E-state index contributed by atoms with van der Waals surface area (Å²) in [5.41, 5.74) is 0.794. The number of thiocarbonyl (C=S) groups is 1. The molecule has 0 unspecified atom stereocenters. The molecular weight excluding hydrogens is 340 g/mol. The number of thiophene rings is 1. The number of thioether (sulfide) groups is 1. The summed E-state index contributed by atoms with van der Waals surface area (Å²) in [6, 6.07) is 4.04. The Morgan fingerprint density at radius 1 is 1.43 bits per heavy atom. The summed E-state index contributed by atoms with van der Waals surface area (Å²) in [5, 5.41) is 4.95. The monoisotopic (exact) mass is 350 g/mol. The average molecular weight is 351 g/mol. The first-order chi connectivity index (χ1) is 10.2. The van der Waals surface area contributed by atoms with Gasteiger partial charge in [-0.1, -0.05) is 36.1 Å². The van der Waals surface area contributed by atoms with Gasteiger partial charge in [-0.3, -0.25) is 9.69 Å². The average Bonchev–Trinajstić information content (AvgIpc) is 3.17. The minimum absolute atomic E-state index is 0.0735. The summed E-state index contributed by atoms with van der Waals surface area (Å²) in [6.07, 6.45) is 3.47. The first kappa shape index (κ1) is 14.6. The third-order valence-corrected chi connectivity index (χ3v) is 6.00. The van der Waals surface area contributed by atoms with Gasteiger partial charge < -0.3 is 0 Å². The number of hydrogen-bond donors (Lipinski definition) is 0. The van der Waals surface area contributed by atoms with Crippen LogP contribution in [0, 0.1) is 0 Å². The maximum atomic E-state index is 12.2. The molecule has 1 amide bonds. The van der Waals surface area contributed by atoms with Crippen molar-refractivity contribution in [1.29, 1.82) is 0 Å². The molecule has 1 aliphatic rings. The molecule has 0 saturated carbocycles. The number of thiazole rings is 1. The quantitative estimate of drug-likeness (QED) is 0.469. The van der Waals surface area contributed by atoms with Gasteiger partial charge in [-0.15, -0.1) is 29.3 Å². The van der Waals surface area contributed by atoms with E-state index in [1.807, 2.05) is 22.9 Å². The van der Waals surface area contributed by atoms with Crippen LogP contribution in [0.5, 0.6) is 0 Å². The van der Waals surface area contributed by atoms with E-state index < -0.39 is 0 Å². The van der Waals surface area contributed by atoms with Gasteiger partial charge in [0, 0.05) is 11.9 Å². The smallest absolute Gasteiger partial charge is 0.266 e. The van der Waals surface area contributed by atoms with Crippen molar-refractivity contribution in [2.75, 3.05) is 6.54 Å². The zero-order valence-electron chi connectivity index (χ0n) is 10.8. The van der Waals surface area contributed by atoms with E-state index in [1.54, 1.807) is 39.7 Å². The van der Waals surface area contributed by atoms with Crippen molar-refractivity contribution in [3.8, 4) is 9.88 Å². The van der Waals surface area contributed by atoms with Gasteiger partial charge in [0.15, 0.2) is 0 Å². The van der Waals surface area contributed by atoms with Crippen molar-refractivity contribution < 1.29 is 4.79 Å². The number of rotatable bonds is 4. The van der Waals surface area contributed by atoms with Crippen molar-refractivity contribution in [2.24, 2.45) is 0 Å². The molecule has 1 saturated heterocycles. The minimum atomic E-state index is -0.0735. The lowest BCUT2D eigenvalue weighted by Crippen LogP contribution is -2.27. The fraction of sp³-hybridized carbons (Fsp3) is 0.0714. The van der Waals surface area contributed by atoms with Crippen molar-refractivity contribution in [3.05, 3.63) is 46.1 Å². The first-order valence-electron chi connectivity index (χ1n) is 6.04. The standard InChI is InChI=1S/C14H10N2OS4/c1-2-5-16-13(17)11(21-14(16)18)7-9-8-20-12(15-9)10-4-3-6-19-10/h2-4,6-8H,1,5H2. The zero-order valence-corrected chi connectivity index (χ0v) is 14.1.